The number of aliphatic hydroxyl groups is 3. The number of anilines is 2. The number of nitrogens with one attached hydrogen (secondary N) is 2. The highest BCUT2D eigenvalue weighted by Crippen LogP contribution is 2.33. The molecule has 4 atom stereocenters. The molecule has 120 valence electrons. The van der Waals surface area contributed by atoms with Gasteiger partial charge in [-0.3, -0.25) is 14.3 Å². The Balaban J connectivity index is 2.20. The van der Waals surface area contributed by atoms with Gasteiger partial charge in [0.15, 0.2) is 17.4 Å². The second-order valence-corrected chi connectivity index (χ2v) is 4.91. The van der Waals surface area contributed by atoms with Crippen molar-refractivity contribution in [3.63, 3.8) is 0 Å². The Morgan fingerprint density at radius 1 is 1.41 bits per heavy atom. The number of fused-ring (bicyclic) bond motifs is 1. The highest BCUT2D eigenvalue weighted by atomic mass is 16.6. The number of aromatic amines is 1. The quantitative estimate of drug-likeness (QED) is 0.354. The van der Waals surface area contributed by atoms with Crippen molar-refractivity contribution >= 4 is 23.1 Å². The zero-order valence-corrected chi connectivity index (χ0v) is 11.6. The van der Waals surface area contributed by atoms with Gasteiger partial charge in [-0.1, -0.05) is 0 Å². The molecule has 0 spiro atoms. The maximum Gasteiger partial charge on any atom is 0.280 e. The third-order valence-electron chi connectivity index (χ3n) is 3.56. The number of hydrogen-bond acceptors (Lipinski definition) is 9. The van der Waals surface area contributed by atoms with E-state index in [2.05, 4.69) is 20.3 Å². The van der Waals surface area contributed by atoms with Gasteiger partial charge in [0.1, 0.15) is 18.3 Å². The largest absolute Gasteiger partial charge is 0.394 e. The van der Waals surface area contributed by atoms with Gasteiger partial charge in [0.05, 0.1) is 6.61 Å². The first-order chi connectivity index (χ1) is 10.5. The van der Waals surface area contributed by atoms with Gasteiger partial charge in [0, 0.05) is 7.05 Å². The van der Waals surface area contributed by atoms with E-state index in [-0.39, 0.29) is 23.1 Å². The van der Waals surface area contributed by atoms with E-state index in [0.717, 1.165) is 0 Å². The van der Waals surface area contributed by atoms with Crippen LogP contribution in [0.25, 0.3) is 11.2 Å². The lowest BCUT2D eigenvalue weighted by molar-refractivity contribution is -0.0501. The Morgan fingerprint density at radius 2 is 2.14 bits per heavy atom. The summed E-state index contributed by atoms with van der Waals surface area (Å²) in [6.45, 7) is -0.466. The van der Waals surface area contributed by atoms with Crippen LogP contribution in [0.4, 0.5) is 11.9 Å². The fourth-order valence-electron chi connectivity index (χ4n) is 2.51. The van der Waals surface area contributed by atoms with E-state index in [9.17, 15) is 20.1 Å². The first-order valence-electron chi connectivity index (χ1n) is 6.55. The summed E-state index contributed by atoms with van der Waals surface area (Å²) in [5.74, 6) is 0.0847. The lowest BCUT2D eigenvalue weighted by Crippen LogP contribution is -2.33. The van der Waals surface area contributed by atoms with Gasteiger partial charge in [0.2, 0.25) is 11.9 Å². The first-order valence-corrected chi connectivity index (χ1v) is 6.55. The lowest BCUT2D eigenvalue weighted by Gasteiger charge is -2.18. The zero-order chi connectivity index (χ0) is 16.0. The number of nitrogens with two attached hydrogens (primary N) is 1. The number of aliphatic hydroxyl groups excluding tert-OH is 3. The number of ether oxygens (including phenoxy) is 1. The molecule has 0 aromatic carbocycles. The zero-order valence-electron chi connectivity index (χ0n) is 11.6. The summed E-state index contributed by atoms with van der Waals surface area (Å²) in [5.41, 5.74) is 5.11. The summed E-state index contributed by atoms with van der Waals surface area (Å²) >= 11 is 0. The van der Waals surface area contributed by atoms with E-state index in [1.807, 2.05) is 0 Å². The predicted molar refractivity (Wildman–Crippen MR) is 75.1 cm³/mol. The van der Waals surface area contributed by atoms with Crippen LogP contribution in [0.3, 0.4) is 0 Å². The smallest absolute Gasteiger partial charge is 0.280 e. The molecule has 0 bridgehead atoms. The number of nitrogen functional groups attached to an aromatic ring is 1. The molecule has 0 amide bonds. The second-order valence-electron chi connectivity index (χ2n) is 4.91. The van der Waals surface area contributed by atoms with Gasteiger partial charge in [0.25, 0.3) is 5.56 Å². The highest BCUT2D eigenvalue weighted by Gasteiger charge is 2.45. The Morgan fingerprint density at radius 3 is 2.73 bits per heavy atom. The number of imidazole rings is 1. The van der Waals surface area contributed by atoms with Crippen molar-refractivity contribution in [1.82, 2.24) is 19.5 Å². The van der Waals surface area contributed by atoms with Gasteiger partial charge >= 0.3 is 0 Å². The van der Waals surface area contributed by atoms with Crippen molar-refractivity contribution in [2.75, 3.05) is 24.7 Å². The molecule has 7 N–H and O–H groups in total. The Kier molecular flexibility index (Phi) is 3.48. The highest BCUT2D eigenvalue weighted by molar-refractivity contribution is 5.74. The van der Waals surface area contributed by atoms with E-state index in [0.29, 0.717) is 0 Å². The first kappa shape index (κ1) is 14.7. The fraction of sp³-hybridized carbons (Fsp3) is 0.545. The summed E-state index contributed by atoms with van der Waals surface area (Å²) < 4.78 is 6.77. The molecule has 1 fully saturated rings. The van der Waals surface area contributed by atoms with Crippen molar-refractivity contribution in [3.8, 4) is 0 Å². The van der Waals surface area contributed by atoms with Crippen LogP contribution in [0.5, 0.6) is 0 Å². The van der Waals surface area contributed by atoms with Crippen molar-refractivity contribution < 1.29 is 20.1 Å². The minimum atomic E-state index is -1.33. The standard InChI is InChI=1S/C11H16N6O5/c1-13-11-14-4-7(15-10(12)16-8(4)21)17(11)9-6(20)5(19)3(2-18)22-9/h3,5-6,9,18-20H,2H2,1H3,(H,13,14)(H3,12,15,16,21)/t3-,5+,6-,9-/m0/s1. The summed E-state index contributed by atoms with van der Waals surface area (Å²) in [6, 6.07) is 0. The molecule has 22 heavy (non-hydrogen) atoms. The van der Waals surface area contributed by atoms with Crippen LogP contribution in [-0.2, 0) is 4.74 Å². The third-order valence-corrected chi connectivity index (χ3v) is 3.56. The van der Waals surface area contributed by atoms with Crippen LogP contribution in [0.15, 0.2) is 4.79 Å². The normalized spacial score (nSPS) is 28.4. The van der Waals surface area contributed by atoms with Crippen LogP contribution in [-0.4, -0.2) is 66.8 Å². The molecule has 1 aliphatic heterocycles. The molecule has 11 nitrogen and oxygen atoms in total. The average molecular weight is 312 g/mol. The lowest BCUT2D eigenvalue weighted by atomic mass is 10.1. The summed E-state index contributed by atoms with van der Waals surface area (Å²) in [7, 11) is 1.57. The molecule has 3 rings (SSSR count). The third kappa shape index (κ3) is 2.02. The Labute approximate surface area is 123 Å². The van der Waals surface area contributed by atoms with Gasteiger partial charge in [-0.25, -0.2) is 4.98 Å². The Bertz CT molecular complexity index is 757. The molecular weight excluding hydrogens is 296 g/mol. The molecule has 2 aromatic rings. The average Bonchev–Trinajstić information content (AvgIpc) is 2.98. The predicted octanol–water partition coefficient (Wildman–Crippen LogP) is -2.64. The number of hydrogen-bond donors (Lipinski definition) is 6. The number of H-pyrrole nitrogens is 1. The van der Waals surface area contributed by atoms with Crippen molar-refractivity contribution in [2.24, 2.45) is 0 Å². The maximum absolute atomic E-state index is 11.9. The molecule has 0 unspecified atom stereocenters. The monoisotopic (exact) mass is 312 g/mol. The summed E-state index contributed by atoms with van der Waals surface area (Å²) in [4.78, 5) is 22.3. The number of aromatic nitrogens is 4. The SMILES string of the molecule is CNc1nc2c(=O)[nH]c(N)nc2n1[C@H]1O[C@@H](CO)[C@@H](O)[C@@H]1O. The molecule has 0 saturated carbocycles. The topological polar surface area (TPSA) is 172 Å². The maximum atomic E-state index is 11.9. The molecule has 1 aliphatic rings. The number of rotatable bonds is 3. The molecule has 2 aromatic heterocycles. The van der Waals surface area contributed by atoms with Crippen molar-refractivity contribution in [3.05, 3.63) is 10.4 Å². The second kappa shape index (κ2) is 5.21. The fourth-order valence-corrected chi connectivity index (χ4v) is 2.51. The van der Waals surface area contributed by atoms with Gasteiger partial charge in [-0.05, 0) is 0 Å². The van der Waals surface area contributed by atoms with Gasteiger partial charge in [-0.2, -0.15) is 4.98 Å². The molecule has 1 saturated heterocycles. The van der Waals surface area contributed by atoms with Crippen molar-refractivity contribution in [2.45, 2.75) is 24.5 Å². The molecule has 11 heteroatoms. The summed E-state index contributed by atoms with van der Waals surface area (Å²) in [6.07, 6.45) is -4.64. The molecule has 3 heterocycles. The van der Waals surface area contributed by atoms with E-state index in [1.54, 1.807) is 7.05 Å². The summed E-state index contributed by atoms with van der Waals surface area (Å²) in [5, 5.41) is 31.9. The van der Waals surface area contributed by atoms with Crippen molar-refractivity contribution in [1.29, 1.82) is 0 Å². The van der Waals surface area contributed by atoms with Crippen LogP contribution in [0.1, 0.15) is 6.23 Å². The van der Waals surface area contributed by atoms with Gasteiger partial charge in [-0.15, -0.1) is 0 Å². The van der Waals surface area contributed by atoms with E-state index in [1.165, 1.54) is 4.57 Å². The molecular formula is C11H16N6O5. The van der Waals surface area contributed by atoms with E-state index >= 15 is 0 Å². The minimum Gasteiger partial charge on any atom is -0.394 e. The molecule has 0 radical (unpaired) electrons. The van der Waals surface area contributed by atoms with E-state index in [4.69, 9.17) is 10.5 Å². The van der Waals surface area contributed by atoms with E-state index < -0.39 is 36.7 Å². The van der Waals surface area contributed by atoms with Crippen LogP contribution in [0, 0.1) is 0 Å². The van der Waals surface area contributed by atoms with Crippen LogP contribution < -0.4 is 16.6 Å². The van der Waals surface area contributed by atoms with Gasteiger partial charge < -0.3 is 31.1 Å². The number of nitrogens with zero attached hydrogens (tertiary/aromatic N) is 3. The van der Waals surface area contributed by atoms with Crippen LogP contribution in [0.2, 0.25) is 0 Å². The minimum absolute atomic E-state index is 0.0105. The molecule has 0 aliphatic carbocycles. The van der Waals surface area contributed by atoms with Crippen LogP contribution >= 0.6 is 0 Å². The Hall–Kier alpha value is -2.21.